The van der Waals surface area contributed by atoms with E-state index in [9.17, 15) is 35.1 Å². The van der Waals surface area contributed by atoms with Crippen LogP contribution in [-0.2, 0) is 38.4 Å². The van der Waals surface area contributed by atoms with Gasteiger partial charge >= 0.3 is 0 Å². The average molecular weight is 661 g/mol. The van der Waals surface area contributed by atoms with Crippen molar-refractivity contribution in [2.24, 2.45) is 5.92 Å². The lowest BCUT2D eigenvalue weighted by Gasteiger charge is -2.37. The van der Waals surface area contributed by atoms with Crippen molar-refractivity contribution in [1.82, 2.24) is 4.90 Å². The predicted molar refractivity (Wildman–Crippen MR) is 169 cm³/mol. The van der Waals surface area contributed by atoms with Crippen molar-refractivity contribution >= 4 is 25.9 Å². The number of ether oxygens (including phenoxy) is 2. The molecule has 3 aliphatic heterocycles. The first-order chi connectivity index (χ1) is 21.8. The van der Waals surface area contributed by atoms with Crippen LogP contribution in [0.25, 0.3) is 0 Å². The molecule has 0 radical (unpaired) electrons. The highest BCUT2D eigenvalue weighted by molar-refractivity contribution is 6.72. The quantitative estimate of drug-likeness (QED) is 0.173. The Labute approximate surface area is 269 Å². The van der Waals surface area contributed by atoms with Gasteiger partial charge in [0, 0.05) is 17.8 Å². The highest BCUT2D eigenvalue weighted by Gasteiger charge is 2.52. The molecule has 2 aromatic carbocycles. The van der Waals surface area contributed by atoms with Crippen LogP contribution >= 0.6 is 0 Å². The maximum absolute atomic E-state index is 15.7. The van der Waals surface area contributed by atoms with Gasteiger partial charge in [-0.2, -0.15) is 0 Å². The second-order valence-electron chi connectivity index (χ2n) is 13.3. The molecule has 0 aliphatic carbocycles. The van der Waals surface area contributed by atoms with E-state index in [1.165, 1.54) is 0 Å². The number of nitrogens with one attached hydrogen (secondary N) is 1. The molecule has 46 heavy (non-hydrogen) atoms. The average Bonchev–Trinajstić information content (AvgIpc) is 3.35. The van der Waals surface area contributed by atoms with Gasteiger partial charge in [0.15, 0.2) is 12.4 Å². The number of hydrogen-bond donors (Lipinski definition) is 6. The van der Waals surface area contributed by atoms with Gasteiger partial charge in [0.1, 0.15) is 18.3 Å². The van der Waals surface area contributed by atoms with Gasteiger partial charge in [-0.3, -0.25) is 9.59 Å². The molecule has 252 valence electrons. The normalized spacial score (nSPS) is 33.0. The molecule has 0 unspecified atom stereocenters. The fraction of sp³-hybridized carbons (Fsp3) is 0.576. The van der Waals surface area contributed by atoms with E-state index >= 15 is 4.11 Å². The highest BCUT2D eigenvalue weighted by Crippen LogP contribution is 2.47. The Bertz CT molecular complexity index is 1380. The number of fused-ring (bicyclic) bond motifs is 1. The van der Waals surface area contributed by atoms with Gasteiger partial charge in [0.2, 0.25) is 14.3 Å². The molecule has 2 amide bonds. The third-order valence-electron chi connectivity index (χ3n) is 9.74. The number of anilines is 1. The molecule has 3 heterocycles. The molecule has 13 heteroatoms. The summed E-state index contributed by atoms with van der Waals surface area (Å²) in [5.41, 5.74) is 3.16. The standard InChI is InChI=1S/C33H45FN2O9Si/c1-18-24(13-10-19-8-11-22(12-9-19)35-32(42)30-28(40)27(39)29(41)33(43)45-30)44-25(31(18)46(2,3)34)15-26(38)36-16-21-7-5-4-6-20(21)14-23(36)17-37/h4-9,11-12,18,23-25,27-31,33,37,39-41,43H,10,13-17H2,1-3H3,(H,35,42)/t18-,23-,24+,25-,27-,28-,29+,30-,31+,33+/m0/s1. The monoisotopic (exact) mass is 660 g/mol. The maximum Gasteiger partial charge on any atom is 0.256 e. The number of hydrogen-bond acceptors (Lipinski definition) is 9. The van der Waals surface area contributed by atoms with Crippen LogP contribution in [0.2, 0.25) is 18.6 Å². The number of carbonyl (C=O) groups excluding carboxylic acids is 2. The van der Waals surface area contributed by atoms with Gasteiger partial charge in [0.05, 0.1) is 31.3 Å². The van der Waals surface area contributed by atoms with Crippen LogP contribution in [0.4, 0.5) is 9.80 Å². The number of aliphatic hydroxyl groups excluding tert-OH is 5. The Morgan fingerprint density at radius 1 is 0.957 bits per heavy atom. The van der Waals surface area contributed by atoms with E-state index in [0.717, 1.165) is 16.7 Å². The minimum Gasteiger partial charge on any atom is -0.394 e. The summed E-state index contributed by atoms with van der Waals surface area (Å²) in [6.45, 7) is 5.59. The largest absolute Gasteiger partial charge is 0.394 e. The zero-order valence-electron chi connectivity index (χ0n) is 26.3. The summed E-state index contributed by atoms with van der Waals surface area (Å²) in [7, 11) is -3.21. The molecule has 0 aromatic heterocycles. The lowest BCUT2D eigenvalue weighted by molar-refractivity contribution is -0.274. The zero-order valence-corrected chi connectivity index (χ0v) is 27.3. The van der Waals surface area contributed by atoms with Crippen molar-refractivity contribution in [3.63, 3.8) is 0 Å². The van der Waals surface area contributed by atoms with Crippen molar-refractivity contribution in [2.75, 3.05) is 11.9 Å². The van der Waals surface area contributed by atoms with Crippen molar-refractivity contribution in [3.8, 4) is 0 Å². The van der Waals surface area contributed by atoms with Crippen molar-refractivity contribution in [2.45, 2.75) is 107 Å². The fourth-order valence-corrected chi connectivity index (χ4v) is 9.81. The molecular formula is C33H45FN2O9Si. The van der Waals surface area contributed by atoms with Crippen molar-refractivity contribution in [3.05, 3.63) is 65.2 Å². The first-order valence-corrected chi connectivity index (χ1v) is 18.8. The summed E-state index contributed by atoms with van der Waals surface area (Å²) < 4.78 is 27.2. The number of rotatable bonds is 9. The molecule has 2 fully saturated rings. The molecule has 6 N–H and O–H groups in total. The fourth-order valence-electron chi connectivity index (χ4n) is 7.26. The number of halogens is 1. The molecule has 11 nitrogen and oxygen atoms in total. The molecule has 2 saturated heterocycles. The van der Waals surface area contributed by atoms with Gasteiger partial charge < -0.3 is 49.3 Å². The second-order valence-corrected chi connectivity index (χ2v) is 17.1. The number of amides is 2. The minimum absolute atomic E-state index is 0.0609. The first kappa shape index (κ1) is 34.6. The third-order valence-corrected chi connectivity index (χ3v) is 12.2. The lowest BCUT2D eigenvalue weighted by Crippen LogP contribution is -2.60. The molecule has 0 spiro atoms. The maximum atomic E-state index is 15.7. The number of nitrogens with zero attached hydrogens (tertiary/aromatic N) is 1. The van der Waals surface area contributed by atoms with Gasteiger partial charge in [-0.1, -0.05) is 43.3 Å². The highest BCUT2D eigenvalue weighted by atomic mass is 28.4. The first-order valence-electron chi connectivity index (χ1n) is 15.9. The summed E-state index contributed by atoms with van der Waals surface area (Å²) in [6, 6.07) is 14.5. The van der Waals surface area contributed by atoms with Crippen LogP contribution in [0.5, 0.6) is 0 Å². The van der Waals surface area contributed by atoms with E-state index in [0.29, 0.717) is 31.5 Å². The Morgan fingerprint density at radius 2 is 1.63 bits per heavy atom. The van der Waals surface area contributed by atoms with E-state index in [4.69, 9.17) is 9.47 Å². The lowest BCUT2D eigenvalue weighted by atomic mass is 9.93. The second kappa shape index (κ2) is 14.2. The van der Waals surface area contributed by atoms with E-state index in [2.05, 4.69) is 5.32 Å². The molecular weight excluding hydrogens is 615 g/mol. The summed E-state index contributed by atoms with van der Waals surface area (Å²) in [5, 5.41) is 51.9. The zero-order chi connectivity index (χ0) is 33.3. The van der Waals surface area contributed by atoms with Crippen molar-refractivity contribution in [1.29, 1.82) is 0 Å². The summed E-state index contributed by atoms with van der Waals surface area (Å²) >= 11 is 0. The van der Waals surface area contributed by atoms with E-state index in [1.807, 2.05) is 43.3 Å². The molecule has 3 aliphatic rings. The number of benzene rings is 2. The van der Waals surface area contributed by atoms with Gasteiger partial charge in [-0.25, -0.2) is 0 Å². The summed E-state index contributed by atoms with van der Waals surface area (Å²) in [4.78, 5) is 27.9. The topological polar surface area (TPSA) is 169 Å². The predicted octanol–water partition coefficient (Wildman–Crippen LogP) is 1.64. The Kier molecular flexibility index (Phi) is 10.6. The summed E-state index contributed by atoms with van der Waals surface area (Å²) in [5.74, 6) is -1.02. The van der Waals surface area contributed by atoms with Crippen LogP contribution in [0, 0.1) is 5.92 Å². The van der Waals surface area contributed by atoms with Gasteiger partial charge in [-0.05, 0) is 67.1 Å². The van der Waals surface area contributed by atoms with Crippen LogP contribution in [0.3, 0.4) is 0 Å². The van der Waals surface area contributed by atoms with E-state index < -0.39 is 51.1 Å². The SMILES string of the molecule is C[C@@H]1[C@@H]([Si](C)(C)F)[C@H](CC(=O)N2Cc3ccccc3C[C@H]2CO)O[C@@H]1CCc1ccc(NC(=O)[C@H]2O[C@@H](O)[C@H](O)[C@@H](O)[C@@H]2O)cc1. The molecule has 2 aromatic rings. The Balaban J connectivity index is 1.19. The van der Waals surface area contributed by atoms with Crippen LogP contribution in [-0.4, -0.2) is 106 Å². The van der Waals surface area contributed by atoms with Crippen LogP contribution < -0.4 is 5.32 Å². The third kappa shape index (κ3) is 7.36. The van der Waals surface area contributed by atoms with Gasteiger partial charge in [-0.15, -0.1) is 0 Å². The number of aliphatic hydroxyl groups is 5. The van der Waals surface area contributed by atoms with Crippen molar-refractivity contribution < 1.29 is 48.7 Å². The molecule has 5 rings (SSSR count). The molecule has 10 atom stereocenters. The minimum atomic E-state index is -3.21. The smallest absolute Gasteiger partial charge is 0.256 e. The Hall–Kier alpha value is -2.75. The number of aryl methyl sites for hydroxylation is 1. The van der Waals surface area contributed by atoms with E-state index in [1.54, 1.807) is 30.1 Å². The van der Waals surface area contributed by atoms with Crippen LogP contribution in [0.15, 0.2) is 48.5 Å². The number of carbonyl (C=O) groups is 2. The molecule has 0 bridgehead atoms. The Morgan fingerprint density at radius 3 is 2.28 bits per heavy atom. The van der Waals surface area contributed by atoms with Gasteiger partial charge in [0.25, 0.3) is 5.91 Å². The summed E-state index contributed by atoms with van der Waals surface area (Å²) in [6.07, 6.45) is -7.55. The molecule has 0 saturated carbocycles. The van der Waals surface area contributed by atoms with Crippen LogP contribution in [0.1, 0.15) is 36.5 Å². The van der Waals surface area contributed by atoms with E-state index in [-0.39, 0.29) is 42.5 Å².